The topological polar surface area (TPSA) is 9.23 Å². The third-order valence-electron chi connectivity index (χ3n) is 1.82. The molecule has 2 saturated heterocycles. The maximum atomic E-state index is 5.34. The second-order valence-electron chi connectivity index (χ2n) is 2.59. The van der Waals surface area contributed by atoms with Gasteiger partial charge in [-0.25, -0.2) is 0 Å². The van der Waals surface area contributed by atoms with Crippen LogP contribution in [0.5, 0.6) is 0 Å². The summed E-state index contributed by atoms with van der Waals surface area (Å²) < 4.78 is 5.34. The van der Waals surface area contributed by atoms with Crippen LogP contribution in [0, 0.1) is 5.92 Å². The summed E-state index contributed by atoms with van der Waals surface area (Å²) in [5.41, 5.74) is 0. The van der Waals surface area contributed by atoms with Crippen molar-refractivity contribution in [2.75, 3.05) is 19.0 Å². The van der Waals surface area contributed by atoms with E-state index in [4.69, 9.17) is 4.74 Å². The Labute approximate surface area is 53.8 Å². The van der Waals surface area contributed by atoms with Gasteiger partial charge in [0.1, 0.15) is 0 Å². The van der Waals surface area contributed by atoms with Gasteiger partial charge in [0.05, 0.1) is 13.2 Å². The monoisotopic (exact) mass is 130 g/mol. The van der Waals surface area contributed by atoms with Crippen molar-refractivity contribution in [3.8, 4) is 0 Å². The van der Waals surface area contributed by atoms with E-state index in [1.165, 1.54) is 12.2 Å². The zero-order chi connectivity index (χ0) is 5.40. The fourth-order valence-corrected chi connectivity index (χ4v) is 2.76. The molecule has 0 spiro atoms. The quantitative estimate of drug-likeness (QED) is 0.486. The van der Waals surface area contributed by atoms with Crippen LogP contribution in [0.1, 0.15) is 6.42 Å². The number of hydrogen-bond donors (Lipinski definition) is 0. The minimum atomic E-state index is 0.855. The van der Waals surface area contributed by atoms with Crippen molar-refractivity contribution in [2.45, 2.75) is 11.7 Å². The van der Waals surface area contributed by atoms with Gasteiger partial charge >= 0.3 is 0 Å². The molecule has 8 heavy (non-hydrogen) atoms. The average molecular weight is 130 g/mol. The summed E-state index contributed by atoms with van der Waals surface area (Å²) in [5.74, 6) is 2.25. The zero-order valence-electron chi connectivity index (χ0n) is 4.80. The molecular formula is C6H10OS. The minimum absolute atomic E-state index is 0.855. The molecule has 2 atom stereocenters. The lowest BCUT2D eigenvalue weighted by Crippen LogP contribution is -2.20. The Hall–Kier alpha value is 0.310. The summed E-state index contributed by atoms with van der Waals surface area (Å²) in [6.45, 7) is 2.05. The molecule has 2 unspecified atom stereocenters. The Bertz CT molecular complexity index is 80.5. The van der Waals surface area contributed by atoms with Crippen LogP contribution in [-0.2, 0) is 4.74 Å². The van der Waals surface area contributed by atoms with Crippen LogP contribution in [-0.4, -0.2) is 24.2 Å². The van der Waals surface area contributed by atoms with Crippen molar-refractivity contribution < 1.29 is 4.74 Å². The van der Waals surface area contributed by atoms with Gasteiger partial charge < -0.3 is 4.74 Å². The maximum absolute atomic E-state index is 5.34. The highest BCUT2D eigenvalue weighted by Crippen LogP contribution is 2.34. The van der Waals surface area contributed by atoms with Crippen molar-refractivity contribution in [2.24, 2.45) is 5.92 Å². The van der Waals surface area contributed by atoms with Crippen LogP contribution >= 0.6 is 11.8 Å². The molecular weight excluding hydrogens is 120 g/mol. The zero-order valence-corrected chi connectivity index (χ0v) is 5.62. The first-order valence-corrected chi connectivity index (χ1v) is 4.19. The van der Waals surface area contributed by atoms with Gasteiger partial charge in [0.2, 0.25) is 0 Å². The van der Waals surface area contributed by atoms with Crippen molar-refractivity contribution in [3.63, 3.8) is 0 Å². The van der Waals surface area contributed by atoms with Crippen molar-refractivity contribution in [1.82, 2.24) is 0 Å². The molecule has 2 bridgehead atoms. The number of rotatable bonds is 0. The lowest BCUT2D eigenvalue weighted by molar-refractivity contribution is 0.0750. The predicted molar refractivity (Wildman–Crippen MR) is 35.2 cm³/mol. The third kappa shape index (κ3) is 0.759. The van der Waals surface area contributed by atoms with Crippen molar-refractivity contribution in [1.29, 1.82) is 0 Å². The Morgan fingerprint density at radius 1 is 1.38 bits per heavy atom. The Morgan fingerprint density at radius 3 is 3.12 bits per heavy atom. The first kappa shape index (κ1) is 5.12. The summed E-state index contributed by atoms with van der Waals surface area (Å²) in [5, 5.41) is 0.855. The number of hydrogen-bond acceptors (Lipinski definition) is 2. The van der Waals surface area contributed by atoms with Crippen LogP contribution < -0.4 is 0 Å². The van der Waals surface area contributed by atoms with E-state index in [1.54, 1.807) is 0 Å². The molecule has 2 aliphatic heterocycles. The van der Waals surface area contributed by atoms with E-state index in [2.05, 4.69) is 11.8 Å². The molecule has 2 aliphatic rings. The van der Waals surface area contributed by atoms with Gasteiger partial charge in [0, 0.05) is 5.25 Å². The van der Waals surface area contributed by atoms with Gasteiger partial charge in [-0.05, 0) is 18.1 Å². The van der Waals surface area contributed by atoms with Crippen LogP contribution in [0.15, 0.2) is 0 Å². The molecule has 2 fully saturated rings. The average Bonchev–Trinajstić information content (AvgIpc) is 2.12. The second kappa shape index (κ2) is 1.92. The van der Waals surface area contributed by atoms with E-state index in [0.29, 0.717) is 0 Å². The van der Waals surface area contributed by atoms with Crippen LogP contribution in [0.2, 0.25) is 0 Å². The third-order valence-corrected chi connectivity index (χ3v) is 3.28. The van der Waals surface area contributed by atoms with E-state index in [9.17, 15) is 0 Å². The van der Waals surface area contributed by atoms with E-state index < -0.39 is 0 Å². The normalized spacial score (nSPS) is 45.0. The highest BCUT2D eigenvalue weighted by molar-refractivity contribution is 8.00. The highest BCUT2D eigenvalue weighted by Gasteiger charge is 2.29. The summed E-state index contributed by atoms with van der Waals surface area (Å²) in [6, 6.07) is 0. The van der Waals surface area contributed by atoms with Gasteiger partial charge in [-0.3, -0.25) is 0 Å². The molecule has 2 rings (SSSR count). The molecule has 2 heteroatoms. The fourth-order valence-electron chi connectivity index (χ4n) is 1.38. The Kier molecular flexibility index (Phi) is 1.23. The Morgan fingerprint density at radius 2 is 2.38 bits per heavy atom. The molecule has 0 radical (unpaired) electrons. The molecule has 0 aliphatic carbocycles. The predicted octanol–water partition coefficient (Wildman–Crippen LogP) is 1.14. The number of fused-ring (bicyclic) bond motifs is 2. The van der Waals surface area contributed by atoms with Gasteiger partial charge in [-0.2, -0.15) is 11.8 Å². The van der Waals surface area contributed by atoms with E-state index >= 15 is 0 Å². The summed E-state index contributed by atoms with van der Waals surface area (Å²) in [4.78, 5) is 0. The van der Waals surface area contributed by atoms with Crippen LogP contribution in [0.4, 0.5) is 0 Å². The maximum Gasteiger partial charge on any atom is 0.0585 e. The van der Waals surface area contributed by atoms with E-state index in [-0.39, 0.29) is 0 Å². The molecule has 0 amide bonds. The molecule has 0 aromatic heterocycles. The van der Waals surface area contributed by atoms with Gasteiger partial charge in [-0.1, -0.05) is 0 Å². The minimum Gasteiger partial charge on any atom is -0.380 e. The SMILES string of the molecule is C1OCC2CC1CS2. The number of thioether (sulfide) groups is 1. The molecule has 2 heterocycles. The van der Waals surface area contributed by atoms with E-state index in [0.717, 1.165) is 24.4 Å². The first-order chi connectivity index (χ1) is 3.95. The molecule has 46 valence electrons. The summed E-state index contributed by atoms with van der Waals surface area (Å²) >= 11 is 2.09. The molecule has 0 N–H and O–H groups in total. The molecule has 0 aromatic rings. The standard InChI is InChI=1S/C6H10OS/c1-5-2-7-3-6(1)8-4-5/h5-6H,1-4H2. The summed E-state index contributed by atoms with van der Waals surface area (Å²) in [7, 11) is 0. The Balaban J connectivity index is 2.03. The molecule has 1 nitrogen and oxygen atoms in total. The van der Waals surface area contributed by atoms with E-state index in [1.807, 2.05) is 0 Å². The largest absolute Gasteiger partial charge is 0.380 e. The molecule has 0 aromatic carbocycles. The smallest absolute Gasteiger partial charge is 0.0585 e. The van der Waals surface area contributed by atoms with Crippen LogP contribution in [0.25, 0.3) is 0 Å². The first-order valence-electron chi connectivity index (χ1n) is 3.14. The lowest BCUT2D eigenvalue weighted by Gasteiger charge is -2.16. The lowest BCUT2D eigenvalue weighted by atomic mass is 10.1. The van der Waals surface area contributed by atoms with Crippen molar-refractivity contribution in [3.05, 3.63) is 0 Å². The highest BCUT2D eigenvalue weighted by atomic mass is 32.2. The van der Waals surface area contributed by atoms with Crippen LogP contribution in [0.3, 0.4) is 0 Å². The van der Waals surface area contributed by atoms with Gasteiger partial charge in [0.15, 0.2) is 0 Å². The summed E-state index contributed by atoms with van der Waals surface area (Å²) in [6.07, 6.45) is 1.42. The van der Waals surface area contributed by atoms with Gasteiger partial charge in [-0.15, -0.1) is 0 Å². The second-order valence-corrected chi connectivity index (χ2v) is 3.93. The fraction of sp³-hybridized carbons (Fsp3) is 1.00. The van der Waals surface area contributed by atoms with Gasteiger partial charge in [0.25, 0.3) is 0 Å². The van der Waals surface area contributed by atoms with Crippen molar-refractivity contribution >= 4 is 11.8 Å². The molecule has 0 saturated carbocycles. The number of ether oxygens (including phenoxy) is 1.